The molecule has 188 valence electrons. The van der Waals surface area contributed by atoms with Crippen molar-refractivity contribution in [2.75, 3.05) is 13.7 Å². The van der Waals surface area contributed by atoms with E-state index in [1.165, 1.54) is 5.56 Å². The van der Waals surface area contributed by atoms with E-state index in [0.717, 1.165) is 62.9 Å². The molecule has 1 aliphatic heterocycles. The highest BCUT2D eigenvalue weighted by Crippen LogP contribution is 2.50. The third kappa shape index (κ3) is 4.60. The Morgan fingerprint density at radius 1 is 0.917 bits per heavy atom. The molecule has 6 heteroatoms. The van der Waals surface area contributed by atoms with E-state index in [-0.39, 0.29) is 17.5 Å². The first-order valence-electron chi connectivity index (χ1n) is 12.8. The van der Waals surface area contributed by atoms with Crippen LogP contribution in [0.1, 0.15) is 68.1 Å². The molecule has 0 aromatic heterocycles. The van der Waals surface area contributed by atoms with Gasteiger partial charge in [-0.25, -0.2) is 0 Å². The highest BCUT2D eigenvalue weighted by Gasteiger charge is 2.42. The average molecular weight is 597 g/mol. The van der Waals surface area contributed by atoms with Gasteiger partial charge in [0.2, 0.25) is 0 Å². The first-order valence-corrected chi connectivity index (χ1v) is 13.9. The summed E-state index contributed by atoms with van der Waals surface area (Å²) in [5.41, 5.74) is 6.98. The number of carbonyl (C=O) groups is 2. The fourth-order valence-electron chi connectivity index (χ4n) is 5.68. The van der Waals surface area contributed by atoms with Crippen LogP contribution in [0.15, 0.2) is 58.9 Å². The quantitative estimate of drug-likeness (QED) is 0.351. The molecule has 5 rings (SSSR count). The summed E-state index contributed by atoms with van der Waals surface area (Å²) in [5, 5.41) is 0. The molecule has 1 heterocycles. The maximum absolute atomic E-state index is 13.3. The molecule has 0 saturated carbocycles. The minimum Gasteiger partial charge on any atom is -0.490 e. The predicted molar refractivity (Wildman–Crippen MR) is 148 cm³/mol. The molecule has 2 aliphatic carbocycles. The number of Topliss-reactive ketones (excluding diaryl/α,β-unsaturated/α-hetero) is 2. The van der Waals surface area contributed by atoms with Gasteiger partial charge in [-0.3, -0.25) is 9.59 Å². The smallest absolute Gasteiger partial charge is 0.174 e. The third-order valence-corrected chi connectivity index (χ3v) is 8.21. The van der Waals surface area contributed by atoms with E-state index in [4.69, 9.17) is 9.47 Å². The van der Waals surface area contributed by atoms with Crippen LogP contribution in [-0.4, -0.2) is 30.1 Å². The van der Waals surface area contributed by atoms with Crippen molar-refractivity contribution in [3.05, 3.63) is 79.2 Å². The number of halogens is 1. The van der Waals surface area contributed by atoms with Crippen molar-refractivity contribution in [2.24, 2.45) is 0 Å². The van der Waals surface area contributed by atoms with E-state index >= 15 is 0 Å². The van der Waals surface area contributed by atoms with Crippen LogP contribution in [0.2, 0.25) is 0 Å². The lowest BCUT2D eigenvalue weighted by Crippen LogP contribution is -2.37. The Kier molecular flexibility index (Phi) is 7.24. The number of benzene rings is 2. The summed E-state index contributed by atoms with van der Waals surface area (Å²) >= 11 is 2.29. The van der Waals surface area contributed by atoms with Gasteiger partial charge in [0.15, 0.2) is 23.1 Å². The SMILES string of the molecule is CCOc1cc(C2C3=C(CCCC3=O)N(C)C3=C2C(=O)CCC3)cc(I)c1OCc1ccc(C)cc1. The van der Waals surface area contributed by atoms with Gasteiger partial charge < -0.3 is 14.4 Å². The molecule has 0 N–H and O–H groups in total. The summed E-state index contributed by atoms with van der Waals surface area (Å²) in [6.07, 6.45) is 4.52. The second kappa shape index (κ2) is 10.4. The molecular formula is C30H32INO4. The Morgan fingerprint density at radius 3 is 2.11 bits per heavy atom. The zero-order chi connectivity index (χ0) is 25.4. The van der Waals surface area contributed by atoms with E-state index < -0.39 is 0 Å². The Hall–Kier alpha value is -2.61. The zero-order valence-corrected chi connectivity index (χ0v) is 23.3. The molecule has 0 amide bonds. The summed E-state index contributed by atoms with van der Waals surface area (Å²) in [5.74, 6) is 1.33. The average Bonchev–Trinajstić information content (AvgIpc) is 2.86. The lowest BCUT2D eigenvalue weighted by atomic mass is 9.71. The van der Waals surface area contributed by atoms with Crippen LogP contribution in [0, 0.1) is 10.5 Å². The first-order chi connectivity index (χ1) is 17.4. The normalized spacial score (nSPS) is 18.4. The fraction of sp³-hybridized carbons (Fsp3) is 0.400. The Bertz CT molecular complexity index is 1230. The van der Waals surface area contributed by atoms with Crippen molar-refractivity contribution < 1.29 is 19.1 Å². The molecule has 0 fully saturated rings. The largest absolute Gasteiger partial charge is 0.490 e. The standard InChI is InChI=1S/C30H32INO4/c1-4-35-26-16-20(15-21(31)30(26)36-17-19-13-11-18(2)12-14-19)27-28-22(7-5-9-24(28)33)32(3)23-8-6-10-25(34)29(23)27/h11-16,27H,4-10,17H2,1-3H3. The summed E-state index contributed by atoms with van der Waals surface area (Å²) in [6, 6.07) is 12.4. The maximum Gasteiger partial charge on any atom is 0.174 e. The number of aryl methyl sites for hydroxylation is 1. The van der Waals surface area contributed by atoms with E-state index in [0.29, 0.717) is 37.6 Å². The minimum absolute atomic E-state index is 0.158. The van der Waals surface area contributed by atoms with Crippen LogP contribution in [-0.2, 0) is 16.2 Å². The maximum atomic E-state index is 13.3. The van der Waals surface area contributed by atoms with Crippen LogP contribution in [0.4, 0.5) is 0 Å². The van der Waals surface area contributed by atoms with E-state index in [1.807, 2.05) is 20.0 Å². The molecule has 0 atom stereocenters. The van der Waals surface area contributed by atoms with Crippen molar-refractivity contribution >= 4 is 34.2 Å². The zero-order valence-electron chi connectivity index (χ0n) is 21.2. The van der Waals surface area contributed by atoms with Gasteiger partial charge in [0.05, 0.1) is 10.2 Å². The van der Waals surface area contributed by atoms with E-state index in [1.54, 1.807) is 0 Å². The fourth-order valence-corrected chi connectivity index (χ4v) is 6.46. The highest BCUT2D eigenvalue weighted by atomic mass is 127. The van der Waals surface area contributed by atoms with Crippen LogP contribution in [0.25, 0.3) is 0 Å². The van der Waals surface area contributed by atoms with Crippen LogP contribution in [0.3, 0.4) is 0 Å². The topological polar surface area (TPSA) is 55.8 Å². The van der Waals surface area contributed by atoms with E-state index in [9.17, 15) is 9.59 Å². The van der Waals surface area contributed by atoms with Gasteiger partial charge in [-0.1, -0.05) is 29.8 Å². The number of allylic oxidation sites excluding steroid dienone is 4. The molecule has 5 nitrogen and oxygen atoms in total. The Balaban J connectivity index is 1.59. The highest BCUT2D eigenvalue weighted by molar-refractivity contribution is 14.1. The van der Waals surface area contributed by atoms with Gasteiger partial charge in [0.1, 0.15) is 6.61 Å². The summed E-state index contributed by atoms with van der Waals surface area (Å²) in [4.78, 5) is 28.8. The van der Waals surface area contributed by atoms with E-state index in [2.05, 4.69) is 64.7 Å². The summed E-state index contributed by atoms with van der Waals surface area (Å²) in [7, 11) is 2.02. The number of rotatable bonds is 6. The molecule has 0 radical (unpaired) electrons. The first kappa shape index (κ1) is 25.1. The van der Waals surface area contributed by atoms with Gasteiger partial charge in [0, 0.05) is 48.3 Å². The molecule has 0 unspecified atom stereocenters. The number of hydrogen-bond acceptors (Lipinski definition) is 5. The predicted octanol–water partition coefficient (Wildman–Crippen LogP) is 6.62. The molecule has 2 aromatic carbocycles. The Labute approximate surface area is 226 Å². The van der Waals surface area contributed by atoms with Crippen molar-refractivity contribution in [3.63, 3.8) is 0 Å². The molecule has 2 aromatic rings. The van der Waals surface area contributed by atoms with Crippen molar-refractivity contribution in [2.45, 2.75) is 64.9 Å². The molecule has 0 bridgehead atoms. The van der Waals surface area contributed by atoms with Gasteiger partial charge in [-0.05, 0) is 85.4 Å². The second-order valence-corrected chi connectivity index (χ2v) is 11.0. The molecule has 36 heavy (non-hydrogen) atoms. The molecule has 3 aliphatic rings. The summed E-state index contributed by atoms with van der Waals surface area (Å²) in [6.45, 7) is 4.95. The number of carbonyl (C=O) groups excluding carboxylic acids is 2. The molecular weight excluding hydrogens is 565 g/mol. The summed E-state index contributed by atoms with van der Waals surface area (Å²) < 4.78 is 13.2. The number of ether oxygens (including phenoxy) is 2. The van der Waals surface area contributed by atoms with Crippen LogP contribution < -0.4 is 9.47 Å². The third-order valence-electron chi connectivity index (χ3n) is 7.41. The van der Waals surface area contributed by atoms with Crippen LogP contribution in [0.5, 0.6) is 11.5 Å². The lowest BCUT2D eigenvalue weighted by molar-refractivity contribution is -0.117. The minimum atomic E-state index is -0.342. The lowest BCUT2D eigenvalue weighted by Gasteiger charge is -2.42. The van der Waals surface area contributed by atoms with Gasteiger partial charge in [-0.2, -0.15) is 0 Å². The second-order valence-electron chi connectivity index (χ2n) is 9.80. The molecule has 0 saturated heterocycles. The van der Waals surface area contributed by atoms with Crippen molar-refractivity contribution in [3.8, 4) is 11.5 Å². The van der Waals surface area contributed by atoms with Gasteiger partial charge in [0.25, 0.3) is 0 Å². The van der Waals surface area contributed by atoms with Crippen molar-refractivity contribution in [1.29, 1.82) is 0 Å². The van der Waals surface area contributed by atoms with Gasteiger partial charge in [-0.15, -0.1) is 0 Å². The van der Waals surface area contributed by atoms with Crippen molar-refractivity contribution in [1.82, 2.24) is 4.90 Å². The molecule has 0 spiro atoms. The Morgan fingerprint density at radius 2 is 1.53 bits per heavy atom. The monoisotopic (exact) mass is 597 g/mol. The van der Waals surface area contributed by atoms with Gasteiger partial charge >= 0.3 is 0 Å². The van der Waals surface area contributed by atoms with Crippen LogP contribution >= 0.6 is 22.6 Å². The number of hydrogen-bond donors (Lipinski definition) is 0. The number of ketones is 2. The number of nitrogens with zero attached hydrogens (tertiary/aromatic N) is 1.